The number of primary amides is 1. The molecule has 2 aromatic rings. The summed E-state index contributed by atoms with van der Waals surface area (Å²) in [6, 6.07) is 0.429. The first-order valence-corrected chi connectivity index (χ1v) is 21.1. The predicted octanol–water partition coefficient (Wildman–Crippen LogP) is 4.77. The number of carboxylic acids is 1. The summed E-state index contributed by atoms with van der Waals surface area (Å²) in [5.41, 5.74) is 1.56. The van der Waals surface area contributed by atoms with Gasteiger partial charge >= 0.3 is 5.97 Å². The van der Waals surface area contributed by atoms with Gasteiger partial charge in [0.05, 0.1) is 23.3 Å². The summed E-state index contributed by atoms with van der Waals surface area (Å²) in [6.07, 6.45) is 0.538. The maximum Gasteiger partial charge on any atom is 0.339 e. The third-order valence-corrected chi connectivity index (χ3v) is 11.5. The summed E-state index contributed by atoms with van der Waals surface area (Å²) in [5, 5.41) is 14.3. The van der Waals surface area contributed by atoms with Crippen molar-refractivity contribution in [3.8, 4) is 11.5 Å². The molecule has 64 heavy (non-hydrogen) atoms. The van der Waals surface area contributed by atoms with Crippen LogP contribution in [0.2, 0.25) is 0 Å². The standard InChI is InChI=1S/C44H52F4N4O12/c1-5-10-22(38(56)26(53)15-16-29(55)50-37(40(49)57)24-13-9-14-28-39(24)63-20-62-28)17-27(54)25-18-23(64-44(2,3)4)19-52(25)42(59)36(21-11-7-6-8-12-21)51-41(58)30-31(43(60)61)33(46)35(48)34(47)32(30)45/h9,13-14,21-23,25,36-37H,5-8,10-12,15-20H2,1-4H3,(H2,49,57)(H,50,55)(H,51,58)(H,60,61)/t22?,23-,25+,36+,37?/m1/s1. The molecular formula is C44H52F4N4O12. The molecule has 0 bridgehead atoms. The number of benzene rings is 2. The van der Waals surface area contributed by atoms with E-state index in [1.54, 1.807) is 39.8 Å². The van der Waals surface area contributed by atoms with E-state index in [9.17, 15) is 56.6 Å². The number of carboxylic acid groups (broad SMARTS) is 1. The molecule has 3 aliphatic rings. The number of hydrogen-bond donors (Lipinski definition) is 4. The number of carbonyl (C=O) groups is 8. The fraction of sp³-hybridized carbons (Fsp3) is 0.545. The molecule has 1 saturated heterocycles. The van der Waals surface area contributed by atoms with Crippen LogP contribution in [0.1, 0.15) is 131 Å². The van der Waals surface area contributed by atoms with Crippen LogP contribution in [0.4, 0.5) is 17.6 Å². The Morgan fingerprint density at radius 3 is 2.17 bits per heavy atom. The number of amides is 4. The van der Waals surface area contributed by atoms with Gasteiger partial charge in [0.15, 0.2) is 46.3 Å². The van der Waals surface area contributed by atoms with Crippen molar-refractivity contribution in [1.29, 1.82) is 0 Å². The third-order valence-electron chi connectivity index (χ3n) is 11.5. The Bertz CT molecular complexity index is 2190. The molecule has 2 fully saturated rings. The molecule has 5 N–H and O–H groups in total. The summed E-state index contributed by atoms with van der Waals surface area (Å²) >= 11 is 0. The highest BCUT2D eigenvalue weighted by Crippen LogP contribution is 2.39. The van der Waals surface area contributed by atoms with E-state index in [0.717, 1.165) is 11.3 Å². The Hall–Kier alpha value is -5.92. The van der Waals surface area contributed by atoms with Crippen LogP contribution in [-0.4, -0.2) is 94.1 Å². The maximum absolute atomic E-state index is 15.1. The quantitative estimate of drug-likeness (QED) is 0.0646. The number of carbonyl (C=O) groups excluding carboxylic acids is 7. The van der Waals surface area contributed by atoms with E-state index in [2.05, 4.69) is 10.6 Å². The highest BCUT2D eigenvalue weighted by molar-refractivity contribution is 6.38. The summed E-state index contributed by atoms with van der Waals surface area (Å²) < 4.78 is 75.2. The molecule has 2 unspecified atom stereocenters. The molecule has 1 aliphatic carbocycles. The summed E-state index contributed by atoms with van der Waals surface area (Å²) in [7, 11) is 0. The van der Waals surface area contributed by atoms with Crippen molar-refractivity contribution in [3.05, 3.63) is 58.2 Å². The molecular weight excluding hydrogens is 852 g/mol. The molecule has 1 saturated carbocycles. The zero-order valence-electron chi connectivity index (χ0n) is 35.9. The number of fused-ring (bicyclic) bond motifs is 1. The average molecular weight is 905 g/mol. The van der Waals surface area contributed by atoms with Crippen LogP contribution in [-0.2, 0) is 33.5 Å². The van der Waals surface area contributed by atoms with Crippen molar-refractivity contribution in [2.75, 3.05) is 13.3 Å². The number of nitrogens with two attached hydrogens (primary N) is 1. The van der Waals surface area contributed by atoms with Gasteiger partial charge in [-0.1, -0.05) is 44.7 Å². The third kappa shape index (κ3) is 11.2. The normalized spacial score (nSPS) is 18.8. The molecule has 16 nitrogen and oxygen atoms in total. The van der Waals surface area contributed by atoms with Crippen molar-refractivity contribution in [3.63, 3.8) is 0 Å². The number of rotatable bonds is 19. The first-order chi connectivity index (χ1) is 30.1. The van der Waals surface area contributed by atoms with Gasteiger partial charge in [-0.05, 0) is 52.0 Å². The van der Waals surface area contributed by atoms with Gasteiger partial charge in [-0.15, -0.1) is 0 Å². The molecule has 0 radical (unpaired) electrons. The Morgan fingerprint density at radius 2 is 1.56 bits per heavy atom. The largest absolute Gasteiger partial charge is 0.478 e. The van der Waals surface area contributed by atoms with Crippen molar-refractivity contribution >= 4 is 46.9 Å². The second kappa shape index (κ2) is 20.7. The minimum absolute atomic E-state index is 0.0685. The maximum atomic E-state index is 15.1. The van der Waals surface area contributed by atoms with Gasteiger partial charge in [0.25, 0.3) is 5.91 Å². The first kappa shape index (κ1) is 49.1. The van der Waals surface area contributed by atoms with E-state index < -0.39 is 142 Å². The SMILES string of the molecule is CCCC(CC(=O)[C@@H]1C[C@@H](OC(C)(C)C)CN1C(=O)[C@@H](NC(=O)c1c(F)c(F)c(F)c(F)c1C(=O)O)C1CCCCC1)C(=O)C(=O)CCC(=O)NC(C(N)=O)c1cccc2c1OCO2. The van der Waals surface area contributed by atoms with E-state index in [1.165, 1.54) is 6.07 Å². The number of para-hydroxylation sites is 1. The van der Waals surface area contributed by atoms with Crippen molar-refractivity contribution in [1.82, 2.24) is 15.5 Å². The first-order valence-electron chi connectivity index (χ1n) is 21.1. The fourth-order valence-electron chi connectivity index (χ4n) is 8.56. The Labute approximate surface area is 365 Å². The second-order valence-corrected chi connectivity index (χ2v) is 17.2. The van der Waals surface area contributed by atoms with E-state index in [1.807, 2.05) is 0 Å². The number of nitrogens with one attached hydrogen (secondary N) is 2. The lowest BCUT2D eigenvalue weighted by molar-refractivity contribution is -0.143. The molecule has 4 amide bonds. The molecule has 0 spiro atoms. The van der Waals surface area contributed by atoms with Gasteiger partial charge in [0.2, 0.25) is 30.3 Å². The van der Waals surface area contributed by atoms with Gasteiger partial charge < -0.3 is 40.6 Å². The fourth-order valence-corrected chi connectivity index (χ4v) is 8.56. The number of nitrogens with zero attached hydrogens (tertiary/aromatic N) is 1. The van der Waals surface area contributed by atoms with Gasteiger partial charge in [-0.25, -0.2) is 22.4 Å². The molecule has 2 aliphatic heterocycles. The number of likely N-dealkylation sites (tertiary alicyclic amines) is 1. The molecule has 348 valence electrons. The highest BCUT2D eigenvalue weighted by Gasteiger charge is 2.46. The van der Waals surface area contributed by atoms with Crippen LogP contribution < -0.4 is 25.8 Å². The van der Waals surface area contributed by atoms with Crippen LogP contribution in [0, 0.1) is 35.1 Å². The number of ether oxygens (including phenoxy) is 3. The molecule has 0 aromatic heterocycles. The van der Waals surface area contributed by atoms with E-state index in [0.29, 0.717) is 37.9 Å². The lowest BCUT2D eigenvalue weighted by Gasteiger charge is -2.35. The molecule has 5 atom stereocenters. The highest BCUT2D eigenvalue weighted by atomic mass is 19.2. The number of hydrogen-bond acceptors (Lipinski definition) is 11. The topological polar surface area (TPSA) is 238 Å². The number of halogens is 4. The monoisotopic (exact) mass is 904 g/mol. The Morgan fingerprint density at radius 1 is 0.906 bits per heavy atom. The van der Waals surface area contributed by atoms with Crippen LogP contribution in [0.5, 0.6) is 11.5 Å². The molecule has 2 aromatic carbocycles. The van der Waals surface area contributed by atoms with Crippen LogP contribution in [0.15, 0.2) is 18.2 Å². The lowest BCUT2D eigenvalue weighted by atomic mass is 9.82. The van der Waals surface area contributed by atoms with Crippen molar-refractivity contribution < 1.29 is 75.2 Å². The van der Waals surface area contributed by atoms with Crippen LogP contribution >= 0.6 is 0 Å². The van der Waals surface area contributed by atoms with E-state index >= 15 is 4.39 Å². The second-order valence-electron chi connectivity index (χ2n) is 17.2. The zero-order chi connectivity index (χ0) is 47.2. The molecule has 20 heteroatoms. The number of aromatic carboxylic acids is 1. The molecule has 5 rings (SSSR count). The van der Waals surface area contributed by atoms with Gasteiger partial charge in [-0.2, -0.15) is 0 Å². The zero-order valence-corrected chi connectivity index (χ0v) is 35.9. The lowest BCUT2D eigenvalue weighted by Crippen LogP contribution is -2.55. The summed E-state index contributed by atoms with van der Waals surface area (Å²) in [5.74, 6) is -19.9. The minimum atomic E-state index is -2.45. The molecule has 2 heterocycles. The van der Waals surface area contributed by atoms with Gasteiger partial charge in [0.1, 0.15) is 17.6 Å². The Balaban J connectivity index is 1.35. The number of Topliss-reactive ketones (excluding diaryl/α,β-unsaturated/α-hetero) is 3. The Kier molecular flexibility index (Phi) is 15.9. The predicted molar refractivity (Wildman–Crippen MR) is 216 cm³/mol. The van der Waals surface area contributed by atoms with Gasteiger partial charge in [0, 0.05) is 43.7 Å². The van der Waals surface area contributed by atoms with E-state index in [4.69, 9.17) is 19.9 Å². The van der Waals surface area contributed by atoms with Crippen LogP contribution in [0.25, 0.3) is 0 Å². The minimum Gasteiger partial charge on any atom is -0.478 e. The summed E-state index contributed by atoms with van der Waals surface area (Å²) in [6.45, 7) is 6.60. The average Bonchev–Trinajstić information content (AvgIpc) is 3.90. The van der Waals surface area contributed by atoms with E-state index in [-0.39, 0.29) is 37.5 Å². The van der Waals surface area contributed by atoms with Crippen LogP contribution in [0.3, 0.4) is 0 Å². The van der Waals surface area contributed by atoms with Gasteiger partial charge in [-0.3, -0.25) is 33.6 Å². The summed E-state index contributed by atoms with van der Waals surface area (Å²) in [4.78, 5) is 108. The smallest absolute Gasteiger partial charge is 0.339 e. The number of ketones is 3. The van der Waals surface area contributed by atoms with Crippen molar-refractivity contribution in [2.24, 2.45) is 17.6 Å². The van der Waals surface area contributed by atoms with Crippen molar-refractivity contribution in [2.45, 2.75) is 128 Å².